The van der Waals surface area contributed by atoms with Gasteiger partial charge in [0.2, 0.25) is 11.8 Å². The molecule has 1 aliphatic rings. The molecule has 1 N–H and O–H groups in total. The van der Waals surface area contributed by atoms with E-state index >= 15 is 0 Å². The van der Waals surface area contributed by atoms with Gasteiger partial charge >= 0.3 is 0 Å². The number of aromatic nitrogens is 2. The summed E-state index contributed by atoms with van der Waals surface area (Å²) in [5, 5.41) is 3.17. The summed E-state index contributed by atoms with van der Waals surface area (Å²) in [6.45, 7) is 6.18. The summed E-state index contributed by atoms with van der Waals surface area (Å²) in [5.41, 5.74) is 0. The highest BCUT2D eigenvalue weighted by Crippen LogP contribution is 2.16. The Hall–Kier alpha value is -1.36. The summed E-state index contributed by atoms with van der Waals surface area (Å²) in [4.78, 5) is 10.8. The minimum Gasteiger partial charge on any atom is -0.473 e. The Morgan fingerprint density at radius 3 is 3.00 bits per heavy atom. The molecule has 1 atom stereocenters. The van der Waals surface area contributed by atoms with E-state index in [2.05, 4.69) is 41.1 Å². The lowest BCUT2D eigenvalue weighted by Gasteiger charge is -2.14. The molecule has 5 nitrogen and oxygen atoms in total. The van der Waals surface area contributed by atoms with Crippen molar-refractivity contribution in [2.75, 3.05) is 25.5 Å². The molecule has 0 aromatic carbocycles. The highest BCUT2D eigenvalue weighted by Gasteiger charge is 2.21. The molecule has 1 aliphatic heterocycles. The molecule has 0 radical (unpaired) electrons. The smallest absolute Gasteiger partial charge is 0.226 e. The standard InChI is InChI=1S/C12H20N4O/c1-9(2)14-12-13-6-4-11(15-12)17-10-5-7-16(3)8-10/h4,6,9-10H,5,7-8H2,1-3H3,(H,13,14,15). The van der Waals surface area contributed by atoms with Crippen molar-refractivity contribution in [2.45, 2.75) is 32.4 Å². The Balaban J connectivity index is 1.96. The fourth-order valence-corrected chi connectivity index (χ4v) is 1.90. The number of anilines is 1. The summed E-state index contributed by atoms with van der Waals surface area (Å²) in [7, 11) is 2.11. The molecule has 1 aromatic heterocycles. The van der Waals surface area contributed by atoms with Crippen LogP contribution in [0.5, 0.6) is 5.88 Å². The number of nitrogens with zero attached hydrogens (tertiary/aromatic N) is 3. The van der Waals surface area contributed by atoms with Crippen LogP contribution in [0.3, 0.4) is 0 Å². The minimum atomic E-state index is 0.252. The summed E-state index contributed by atoms with van der Waals surface area (Å²) < 4.78 is 5.84. The topological polar surface area (TPSA) is 50.3 Å². The normalized spacial score (nSPS) is 20.8. The second-order valence-electron chi connectivity index (χ2n) is 4.81. The number of hydrogen-bond donors (Lipinski definition) is 1. The molecule has 2 heterocycles. The van der Waals surface area contributed by atoms with Crippen molar-refractivity contribution in [3.05, 3.63) is 12.3 Å². The van der Waals surface area contributed by atoms with Gasteiger partial charge in [-0.05, 0) is 27.3 Å². The molecule has 1 aromatic rings. The molecular weight excluding hydrogens is 216 g/mol. The number of hydrogen-bond acceptors (Lipinski definition) is 5. The molecule has 94 valence electrons. The number of likely N-dealkylation sites (tertiary alicyclic amines) is 1. The quantitative estimate of drug-likeness (QED) is 0.856. The molecule has 1 fully saturated rings. The van der Waals surface area contributed by atoms with Crippen LogP contribution in [-0.4, -0.2) is 47.2 Å². The van der Waals surface area contributed by atoms with Gasteiger partial charge in [-0.25, -0.2) is 4.98 Å². The lowest BCUT2D eigenvalue weighted by Crippen LogP contribution is -2.22. The average Bonchev–Trinajstić information content (AvgIpc) is 2.63. The number of likely N-dealkylation sites (N-methyl/N-ethyl adjacent to an activating group) is 1. The summed E-state index contributed by atoms with van der Waals surface area (Å²) >= 11 is 0. The van der Waals surface area contributed by atoms with E-state index in [1.54, 1.807) is 6.20 Å². The monoisotopic (exact) mass is 236 g/mol. The lowest BCUT2D eigenvalue weighted by molar-refractivity contribution is 0.200. The molecule has 0 bridgehead atoms. The first-order chi connectivity index (χ1) is 8.13. The minimum absolute atomic E-state index is 0.252. The first kappa shape index (κ1) is 12.1. The Kier molecular flexibility index (Phi) is 3.78. The van der Waals surface area contributed by atoms with Crippen molar-refractivity contribution in [1.82, 2.24) is 14.9 Å². The summed E-state index contributed by atoms with van der Waals surface area (Å²) in [6.07, 6.45) is 3.04. The fraction of sp³-hybridized carbons (Fsp3) is 0.667. The summed E-state index contributed by atoms with van der Waals surface area (Å²) in [6, 6.07) is 2.13. The molecular formula is C12H20N4O. The highest BCUT2D eigenvalue weighted by molar-refractivity contribution is 5.28. The Labute approximate surface area is 102 Å². The largest absolute Gasteiger partial charge is 0.473 e. The van der Waals surface area contributed by atoms with Gasteiger partial charge in [0.05, 0.1) is 0 Å². The van der Waals surface area contributed by atoms with Crippen LogP contribution in [0.1, 0.15) is 20.3 Å². The van der Waals surface area contributed by atoms with Crippen LogP contribution in [0, 0.1) is 0 Å². The van der Waals surface area contributed by atoms with Crippen LogP contribution < -0.4 is 10.1 Å². The number of nitrogens with one attached hydrogen (secondary N) is 1. The van der Waals surface area contributed by atoms with E-state index in [1.165, 1.54) is 0 Å². The zero-order chi connectivity index (χ0) is 12.3. The van der Waals surface area contributed by atoms with Crippen LogP contribution in [0.15, 0.2) is 12.3 Å². The predicted molar refractivity (Wildman–Crippen MR) is 67.3 cm³/mol. The van der Waals surface area contributed by atoms with Gasteiger partial charge in [-0.15, -0.1) is 0 Å². The Morgan fingerprint density at radius 1 is 1.53 bits per heavy atom. The zero-order valence-corrected chi connectivity index (χ0v) is 10.7. The van der Waals surface area contributed by atoms with Gasteiger partial charge in [0.15, 0.2) is 0 Å². The van der Waals surface area contributed by atoms with Gasteiger partial charge in [0.1, 0.15) is 6.10 Å². The third-order valence-corrected chi connectivity index (χ3v) is 2.68. The van der Waals surface area contributed by atoms with Crippen molar-refractivity contribution in [2.24, 2.45) is 0 Å². The number of ether oxygens (including phenoxy) is 1. The molecule has 5 heteroatoms. The van der Waals surface area contributed by atoms with Crippen LogP contribution >= 0.6 is 0 Å². The molecule has 1 saturated heterocycles. The molecule has 17 heavy (non-hydrogen) atoms. The van der Waals surface area contributed by atoms with E-state index in [-0.39, 0.29) is 6.10 Å². The zero-order valence-electron chi connectivity index (χ0n) is 10.7. The fourth-order valence-electron chi connectivity index (χ4n) is 1.90. The van der Waals surface area contributed by atoms with Crippen LogP contribution in [-0.2, 0) is 0 Å². The first-order valence-electron chi connectivity index (χ1n) is 6.08. The van der Waals surface area contributed by atoms with Gasteiger partial charge in [-0.2, -0.15) is 4.98 Å². The molecule has 2 rings (SSSR count). The third kappa shape index (κ3) is 3.56. The van der Waals surface area contributed by atoms with E-state index in [1.807, 2.05) is 6.07 Å². The van der Waals surface area contributed by atoms with Crippen molar-refractivity contribution >= 4 is 5.95 Å². The van der Waals surface area contributed by atoms with Crippen LogP contribution in [0.4, 0.5) is 5.95 Å². The van der Waals surface area contributed by atoms with Crippen LogP contribution in [0.2, 0.25) is 0 Å². The third-order valence-electron chi connectivity index (χ3n) is 2.68. The van der Waals surface area contributed by atoms with E-state index in [4.69, 9.17) is 4.74 Å². The average molecular weight is 236 g/mol. The van der Waals surface area contributed by atoms with E-state index in [0.29, 0.717) is 17.9 Å². The lowest BCUT2D eigenvalue weighted by atomic mass is 10.3. The van der Waals surface area contributed by atoms with Gasteiger partial charge in [-0.1, -0.05) is 0 Å². The molecule has 0 aliphatic carbocycles. The van der Waals surface area contributed by atoms with Crippen LogP contribution in [0.25, 0.3) is 0 Å². The van der Waals surface area contributed by atoms with Crippen molar-refractivity contribution in [3.8, 4) is 5.88 Å². The van der Waals surface area contributed by atoms with Crippen molar-refractivity contribution in [3.63, 3.8) is 0 Å². The van der Waals surface area contributed by atoms with E-state index in [0.717, 1.165) is 19.5 Å². The van der Waals surface area contributed by atoms with E-state index in [9.17, 15) is 0 Å². The Morgan fingerprint density at radius 2 is 2.35 bits per heavy atom. The van der Waals surface area contributed by atoms with Gasteiger partial charge in [0.25, 0.3) is 0 Å². The molecule has 0 spiro atoms. The maximum absolute atomic E-state index is 5.84. The Bertz CT molecular complexity index is 369. The highest BCUT2D eigenvalue weighted by atomic mass is 16.5. The maximum atomic E-state index is 5.84. The van der Waals surface area contributed by atoms with Crippen molar-refractivity contribution < 1.29 is 4.74 Å². The second kappa shape index (κ2) is 5.31. The molecule has 1 unspecified atom stereocenters. The predicted octanol–water partition coefficient (Wildman–Crippen LogP) is 1.38. The maximum Gasteiger partial charge on any atom is 0.226 e. The molecule has 0 saturated carbocycles. The SMILES string of the molecule is CC(C)Nc1nccc(OC2CCN(C)C2)n1. The first-order valence-corrected chi connectivity index (χ1v) is 6.08. The van der Waals surface area contributed by atoms with E-state index < -0.39 is 0 Å². The second-order valence-corrected chi connectivity index (χ2v) is 4.81. The van der Waals surface area contributed by atoms with Gasteiger partial charge < -0.3 is 15.0 Å². The summed E-state index contributed by atoms with van der Waals surface area (Å²) in [5.74, 6) is 1.28. The molecule has 0 amide bonds. The number of rotatable bonds is 4. The van der Waals surface area contributed by atoms with Crippen molar-refractivity contribution in [1.29, 1.82) is 0 Å². The van der Waals surface area contributed by atoms with Gasteiger partial charge in [0, 0.05) is 31.4 Å². The van der Waals surface area contributed by atoms with Gasteiger partial charge in [-0.3, -0.25) is 0 Å².